The fourth-order valence-corrected chi connectivity index (χ4v) is 4.85. The van der Waals surface area contributed by atoms with Gasteiger partial charge >= 0.3 is 5.97 Å². The highest BCUT2D eigenvalue weighted by Crippen LogP contribution is 2.62. The fraction of sp³-hybridized carbons (Fsp3) is 0.917. The molecule has 90 valence electrons. The van der Waals surface area contributed by atoms with E-state index >= 15 is 0 Å². The lowest BCUT2D eigenvalue weighted by Crippen LogP contribution is -2.31. The van der Waals surface area contributed by atoms with Crippen LogP contribution >= 0.6 is 0 Å². The number of aliphatic carboxylic acids is 1. The molecule has 0 aromatic rings. The lowest BCUT2D eigenvalue weighted by Gasteiger charge is -2.32. The van der Waals surface area contributed by atoms with Gasteiger partial charge in [0.2, 0.25) is 0 Å². The lowest BCUT2D eigenvalue weighted by atomic mass is 9.73. The number of rotatable bonds is 3. The molecule has 0 heterocycles. The van der Waals surface area contributed by atoms with Gasteiger partial charge in [0.05, 0.1) is 12.5 Å². The van der Waals surface area contributed by atoms with Gasteiger partial charge in [-0.25, -0.2) is 4.89 Å². The molecule has 16 heavy (non-hydrogen) atoms. The Balaban J connectivity index is 1.76. The van der Waals surface area contributed by atoms with Gasteiger partial charge in [0.25, 0.3) is 0 Å². The minimum absolute atomic E-state index is 0.101. The summed E-state index contributed by atoms with van der Waals surface area (Å²) >= 11 is 0. The van der Waals surface area contributed by atoms with Crippen molar-refractivity contribution in [2.45, 2.75) is 25.7 Å². The van der Waals surface area contributed by atoms with E-state index in [1.54, 1.807) is 0 Å². The van der Waals surface area contributed by atoms with Crippen LogP contribution in [0.4, 0.5) is 0 Å². The van der Waals surface area contributed by atoms with Crippen molar-refractivity contribution < 1.29 is 20.0 Å². The van der Waals surface area contributed by atoms with Gasteiger partial charge in [0.1, 0.15) is 0 Å². The van der Waals surface area contributed by atoms with Crippen LogP contribution in [0.3, 0.4) is 0 Å². The third-order valence-corrected chi connectivity index (χ3v) is 5.26. The van der Waals surface area contributed by atoms with Crippen LogP contribution in [0.2, 0.25) is 0 Å². The van der Waals surface area contributed by atoms with Crippen molar-refractivity contribution in [3.63, 3.8) is 0 Å². The zero-order chi connectivity index (χ0) is 11.3. The van der Waals surface area contributed by atoms with E-state index in [0.29, 0.717) is 36.2 Å². The first-order valence-corrected chi connectivity index (χ1v) is 6.21. The average molecular weight is 226 g/mol. The van der Waals surface area contributed by atoms with Crippen molar-refractivity contribution in [2.24, 2.45) is 35.5 Å². The van der Waals surface area contributed by atoms with Crippen molar-refractivity contribution in [3.8, 4) is 0 Å². The third kappa shape index (κ3) is 1.32. The van der Waals surface area contributed by atoms with Crippen LogP contribution in [0.1, 0.15) is 25.7 Å². The highest BCUT2D eigenvalue weighted by atomic mass is 17.1. The second-order valence-electron chi connectivity index (χ2n) is 5.71. The van der Waals surface area contributed by atoms with Crippen LogP contribution in [0.25, 0.3) is 0 Å². The van der Waals surface area contributed by atoms with Gasteiger partial charge < -0.3 is 5.11 Å². The van der Waals surface area contributed by atoms with Gasteiger partial charge in [-0.15, -0.1) is 0 Å². The summed E-state index contributed by atoms with van der Waals surface area (Å²) in [5, 5.41) is 17.7. The Morgan fingerprint density at radius 3 is 2.75 bits per heavy atom. The molecule has 6 unspecified atom stereocenters. The zero-order valence-electron chi connectivity index (χ0n) is 9.21. The molecule has 3 fully saturated rings. The summed E-state index contributed by atoms with van der Waals surface area (Å²) in [6.45, 7) is 0.433. The number of hydrogen-bond donors (Lipinski definition) is 2. The average Bonchev–Trinajstić information content (AvgIpc) is 2.86. The van der Waals surface area contributed by atoms with Crippen LogP contribution in [-0.4, -0.2) is 22.9 Å². The molecule has 6 atom stereocenters. The highest BCUT2D eigenvalue weighted by Gasteiger charge is 2.58. The molecule has 0 aromatic carbocycles. The molecule has 2 bridgehead atoms. The molecule has 3 aliphatic carbocycles. The van der Waals surface area contributed by atoms with Crippen LogP contribution in [0, 0.1) is 35.5 Å². The summed E-state index contributed by atoms with van der Waals surface area (Å²) in [5.74, 6) is 1.93. The summed E-state index contributed by atoms with van der Waals surface area (Å²) in [4.78, 5) is 15.4. The number of hydrogen-bond acceptors (Lipinski definition) is 3. The quantitative estimate of drug-likeness (QED) is 0.569. The van der Waals surface area contributed by atoms with Crippen LogP contribution in [0.5, 0.6) is 0 Å². The molecule has 2 N–H and O–H groups in total. The van der Waals surface area contributed by atoms with E-state index in [4.69, 9.17) is 5.26 Å². The zero-order valence-corrected chi connectivity index (χ0v) is 9.21. The lowest BCUT2D eigenvalue weighted by molar-refractivity contribution is -0.254. The molecular formula is C12H18O4. The normalized spacial score (nSPS) is 49.6. The maximum absolute atomic E-state index is 11.2. The monoisotopic (exact) mass is 226 g/mol. The smallest absolute Gasteiger partial charge is 0.306 e. The molecule has 4 heteroatoms. The second-order valence-corrected chi connectivity index (χ2v) is 5.71. The second kappa shape index (κ2) is 3.70. The van der Waals surface area contributed by atoms with E-state index in [2.05, 4.69) is 4.89 Å². The summed E-state index contributed by atoms with van der Waals surface area (Å²) in [6.07, 6.45) is 4.12. The number of carboxylic acids is 1. The maximum atomic E-state index is 11.2. The van der Waals surface area contributed by atoms with Gasteiger partial charge in [-0.2, -0.15) is 0 Å². The summed E-state index contributed by atoms with van der Waals surface area (Å²) in [6, 6.07) is 0. The number of carboxylic acid groups (broad SMARTS) is 1. The van der Waals surface area contributed by atoms with Gasteiger partial charge in [-0.05, 0) is 55.3 Å². The summed E-state index contributed by atoms with van der Waals surface area (Å²) in [5.41, 5.74) is 0. The number of carbonyl (C=O) groups is 1. The predicted molar refractivity (Wildman–Crippen MR) is 55.6 cm³/mol. The van der Waals surface area contributed by atoms with E-state index in [1.807, 2.05) is 0 Å². The first-order valence-electron chi connectivity index (χ1n) is 6.21. The molecule has 3 saturated carbocycles. The van der Waals surface area contributed by atoms with E-state index in [1.165, 1.54) is 0 Å². The van der Waals surface area contributed by atoms with E-state index in [-0.39, 0.29) is 5.92 Å². The van der Waals surface area contributed by atoms with Crippen LogP contribution in [-0.2, 0) is 9.68 Å². The van der Waals surface area contributed by atoms with Gasteiger partial charge in [-0.3, -0.25) is 10.1 Å². The Morgan fingerprint density at radius 2 is 2.06 bits per heavy atom. The van der Waals surface area contributed by atoms with Gasteiger partial charge in [-0.1, -0.05) is 0 Å². The van der Waals surface area contributed by atoms with Crippen LogP contribution in [0.15, 0.2) is 0 Å². The first kappa shape index (κ1) is 10.5. The summed E-state index contributed by atoms with van der Waals surface area (Å²) < 4.78 is 0. The molecule has 0 aliphatic heterocycles. The Labute approximate surface area is 94.5 Å². The summed E-state index contributed by atoms with van der Waals surface area (Å²) in [7, 11) is 0. The third-order valence-electron chi connectivity index (χ3n) is 5.26. The Bertz CT molecular complexity index is 303. The SMILES string of the molecule is O=C(O)C1CCC2C3CC(CC3COO)C12. The van der Waals surface area contributed by atoms with E-state index in [9.17, 15) is 9.90 Å². The molecule has 0 radical (unpaired) electrons. The largest absolute Gasteiger partial charge is 0.481 e. The van der Waals surface area contributed by atoms with Crippen molar-refractivity contribution in [2.75, 3.05) is 6.61 Å². The van der Waals surface area contributed by atoms with Gasteiger partial charge in [0, 0.05) is 0 Å². The Hall–Kier alpha value is -0.610. The minimum Gasteiger partial charge on any atom is -0.481 e. The number of fused-ring (bicyclic) bond motifs is 5. The van der Waals surface area contributed by atoms with E-state index in [0.717, 1.165) is 25.7 Å². The van der Waals surface area contributed by atoms with Crippen molar-refractivity contribution >= 4 is 5.97 Å². The Kier molecular flexibility index (Phi) is 2.44. The molecule has 4 nitrogen and oxygen atoms in total. The standard InChI is InChI=1S/C12H18O4/c13-12(14)9-2-1-8-10-4-6(11(8)9)3-7(10)5-16-15/h6-11,15H,1-5H2,(H,13,14). The van der Waals surface area contributed by atoms with Gasteiger partial charge in [0.15, 0.2) is 0 Å². The predicted octanol–water partition coefficient (Wildman–Crippen LogP) is 1.86. The Morgan fingerprint density at radius 1 is 1.25 bits per heavy atom. The molecular weight excluding hydrogens is 208 g/mol. The molecule has 0 aromatic heterocycles. The van der Waals surface area contributed by atoms with Crippen LogP contribution < -0.4 is 0 Å². The topological polar surface area (TPSA) is 66.8 Å². The van der Waals surface area contributed by atoms with Crippen molar-refractivity contribution in [3.05, 3.63) is 0 Å². The van der Waals surface area contributed by atoms with Crippen molar-refractivity contribution in [1.82, 2.24) is 0 Å². The minimum atomic E-state index is -0.602. The first-order chi connectivity index (χ1) is 7.72. The maximum Gasteiger partial charge on any atom is 0.306 e. The molecule has 0 saturated heterocycles. The molecule has 3 rings (SSSR count). The molecule has 3 aliphatic rings. The van der Waals surface area contributed by atoms with Crippen molar-refractivity contribution in [1.29, 1.82) is 0 Å². The highest BCUT2D eigenvalue weighted by molar-refractivity contribution is 5.71. The van der Waals surface area contributed by atoms with E-state index < -0.39 is 5.97 Å². The molecule has 0 amide bonds. The fourth-order valence-electron chi connectivity index (χ4n) is 4.85. The molecule has 0 spiro atoms.